The maximum Gasteiger partial charge on any atom is 0.324 e. The minimum absolute atomic E-state index is 0.306. The first-order valence-electron chi connectivity index (χ1n) is 7.17. The molecule has 1 aromatic rings. The molecule has 0 radical (unpaired) electrons. The Morgan fingerprint density at radius 2 is 1.90 bits per heavy atom. The highest BCUT2D eigenvalue weighted by atomic mass is 19.1. The van der Waals surface area contributed by atoms with Crippen molar-refractivity contribution in [3.05, 3.63) is 35.6 Å². The van der Waals surface area contributed by atoms with E-state index in [2.05, 4.69) is 0 Å². The zero-order chi connectivity index (χ0) is 15.2. The fourth-order valence-electron chi connectivity index (χ4n) is 2.51. The smallest absolute Gasteiger partial charge is 0.324 e. The second-order valence-corrected chi connectivity index (χ2v) is 5.37. The van der Waals surface area contributed by atoms with Gasteiger partial charge >= 0.3 is 5.97 Å². The van der Waals surface area contributed by atoms with Crippen LogP contribution in [0.2, 0.25) is 0 Å². The molecule has 112 valence electrons. The topological polar surface area (TPSA) is 40.5 Å². The Kier molecular flexibility index (Phi) is 6.14. The van der Waals surface area contributed by atoms with E-state index in [-0.39, 0.29) is 5.82 Å². The van der Waals surface area contributed by atoms with Crippen LogP contribution < -0.4 is 0 Å². The van der Waals surface area contributed by atoms with E-state index in [0.717, 1.165) is 25.9 Å². The SMILES string of the molecule is CCCN(CCC)C(C)(Cc1cccc(F)c1)C(=O)O. The minimum Gasteiger partial charge on any atom is -0.480 e. The summed E-state index contributed by atoms with van der Waals surface area (Å²) >= 11 is 0. The molecule has 0 aliphatic heterocycles. The molecular weight excluding hydrogens is 257 g/mol. The standard InChI is InChI=1S/C16H24FNO2/c1-4-9-18(10-5-2)16(3,15(19)20)12-13-7-6-8-14(17)11-13/h6-8,11H,4-5,9-10,12H2,1-3H3,(H,19,20). The van der Waals surface area contributed by atoms with Crippen molar-refractivity contribution in [2.75, 3.05) is 13.1 Å². The molecule has 0 heterocycles. The van der Waals surface area contributed by atoms with Crippen LogP contribution in [0.1, 0.15) is 39.2 Å². The lowest BCUT2D eigenvalue weighted by atomic mass is 9.90. The summed E-state index contributed by atoms with van der Waals surface area (Å²) in [7, 11) is 0. The third kappa shape index (κ3) is 4.04. The first kappa shape index (κ1) is 16.6. The highest BCUT2D eigenvalue weighted by molar-refractivity contribution is 5.78. The van der Waals surface area contributed by atoms with Gasteiger partial charge in [0.2, 0.25) is 0 Å². The van der Waals surface area contributed by atoms with Gasteiger partial charge in [0, 0.05) is 6.42 Å². The number of carboxylic acids is 1. The Bertz CT molecular complexity index is 444. The minimum atomic E-state index is -1.00. The van der Waals surface area contributed by atoms with Crippen molar-refractivity contribution in [3.63, 3.8) is 0 Å². The van der Waals surface area contributed by atoms with Gasteiger partial charge in [-0.25, -0.2) is 4.39 Å². The van der Waals surface area contributed by atoms with E-state index in [9.17, 15) is 14.3 Å². The van der Waals surface area contributed by atoms with Gasteiger partial charge in [0.1, 0.15) is 11.4 Å². The maximum absolute atomic E-state index is 13.3. The van der Waals surface area contributed by atoms with Crippen LogP contribution in [0.25, 0.3) is 0 Å². The summed E-state index contributed by atoms with van der Waals surface area (Å²) in [6.45, 7) is 7.25. The van der Waals surface area contributed by atoms with E-state index in [4.69, 9.17) is 0 Å². The molecule has 0 fully saturated rings. The Labute approximate surface area is 120 Å². The molecule has 1 atom stereocenters. The molecule has 0 saturated heterocycles. The van der Waals surface area contributed by atoms with E-state index < -0.39 is 11.5 Å². The quantitative estimate of drug-likeness (QED) is 0.794. The Morgan fingerprint density at radius 3 is 2.35 bits per heavy atom. The fraction of sp³-hybridized carbons (Fsp3) is 0.562. The third-order valence-corrected chi connectivity index (χ3v) is 3.58. The summed E-state index contributed by atoms with van der Waals surface area (Å²) in [5.41, 5.74) is -0.285. The number of rotatable bonds is 8. The van der Waals surface area contributed by atoms with Gasteiger partial charge in [-0.05, 0) is 50.6 Å². The van der Waals surface area contributed by atoms with Gasteiger partial charge in [0.15, 0.2) is 0 Å². The van der Waals surface area contributed by atoms with Gasteiger partial charge in [-0.3, -0.25) is 9.69 Å². The Morgan fingerprint density at radius 1 is 1.30 bits per heavy atom. The van der Waals surface area contributed by atoms with Crippen molar-refractivity contribution in [2.24, 2.45) is 0 Å². The highest BCUT2D eigenvalue weighted by Gasteiger charge is 2.38. The maximum atomic E-state index is 13.3. The number of hydrogen-bond donors (Lipinski definition) is 1. The molecule has 20 heavy (non-hydrogen) atoms. The Balaban J connectivity index is 3.03. The summed E-state index contributed by atoms with van der Waals surface area (Å²) in [5, 5.41) is 9.65. The number of carbonyl (C=O) groups is 1. The van der Waals surface area contributed by atoms with E-state index in [1.807, 2.05) is 18.7 Å². The first-order chi connectivity index (χ1) is 9.43. The molecule has 0 saturated carbocycles. The summed E-state index contributed by atoms with van der Waals surface area (Å²) in [6, 6.07) is 6.19. The average Bonchev–Trinajstić information content (AvgIpc) is 2.38. The van der Waals surface area contributed by atoms with Gasteiger partial charge in [-0.2, -0.15) is 0 Å². The Hall–Kier alpha value is -1.42. The molecule has 0 aromatic heterocycles. The van der Waals surface area contributed by atoms with Crippen LogP contribution in [-0.4, -0.2) is 34.6 Å². The zero-order valence-corrected chi connectivity index (χ0v) is 12.5. The van der Waals surface area contributed by atoms with E-state index >= 15 is 0 Å². The lowest BCUT2D eigenvalue weighted by Crippen LogP contribution is -2.54. The zero-order valence-electron chi connectivity index (χ0n) is 12.5. The van der Waals surface area contributed by atoms with Crippen LogP contribution in [0.15, 0.2) is 24.3 Å². The van der Waals surface area contributed by atoms with Gasteiger partial charge < -0.3 is 5.11 Å². The molecule has 4 heteroatoms. The van der Waals surface area contributed by atoms with Crippen LogP contribution in [0, 0.1) is 5.82 Å². The van der Waals surface area contributed by atoms with E-state index in [1.165, 1.54) is 12.1 Å². The van der Waals surface area contributed by atoms with Crippen molar-refractivity contribution in [1.29, 1.82) is 0 Å². The monoisotopic (exact) mass is 281 g/mol. The second-order valence-electron chi connectivity index (χ2n) is 5.37. The molecule has 0 spiro atoms. The number of aliphatic carboxylic acids is 1. The summed E-state index contributed by atoms with van der Waals surface area (Å²) in [6.07, 6.45) is 2.10. The van der Waals surface area contributed by atoms with Crippen molar-refractivity contribution < 1.29 is 14.3 Å². The molecule has 3 nitrogen and oxygen atoms in total. The molecule has 0 bridgehead atoms. The first-order valence-corrected chi connectivity index (χ1v) is 7.17. The molecule has 0 aliphatic rings. The highest BCUT2D eigenvalue weighted by Crippen LogP contribution is 2.23. The van der Waals surface area contributed by atoms with Crippen molar-refractivity contribution >= 4 is 5.97 Å². The van der Waals surface area contributed by atoms with Gasteiger partial charge in [-0.1, -0.05) is 26.0 Å². The van der Waals surface area contributed by atoms with Gasteiger partial charge in [0.25, 0.3) is 0 Å². The number of benzene rings is 1. The molecular formula is C16H24FNO2. The number of nitrogens with zero attached hydrogens (tertiary/aromatic N) is 1. The van der Waals surface area contributed by atoms with Gasteiger partial charge in [-0.15, -0.1) is 0 Å². The molecule has 1 N–H and O–H groups in total. The predicted octanol–water partition coefficient (Wildman–Crippen LogP) is 3.33. The molecule has 1 rings (SSSR count). The third-order valence-electron chi connectivity index (χ3n) is 3.58. The lowest BCUT2D eigenvalue weighted by molar-refractivity contribution is -0.150. The second kappa shape index (κ2) is 7.39. The fourth-order valence-corrected chi connectivity index (χ4v) is 2.51. The lowest BCUT2D eigenvalue weighted by Gasteiger charge is -2.38. The summed E-state index contributed by atoms with van der Waals surface area (Å²) in [4.78, 5) is 13.8. The number of halogens is 1. The summed E-state index contributed by atoms with van der Waals surface area (Å²) < 4.78 is 13.3. The number of carboxylic acid groups (broad SMARTS) is 1. The predicted molar refractivity (Wildman–Crippen MR) is 78.3 cm³/mol. The van der Waals surface area contributed by atoms with Gasteiger partial charge in [0.05, 0.1) is 0 Å². The normalized spacial score (nSPS) is 14.2. The van der Waals surface area contributed by atoms with Crippen LogP contribution in [0.4, 0.5) is 4.39 Å². The van der Waals surface area contributed by atoms with Crippen LogP contribution >= 0.6 is 0 Å². The average molecular weight is 281 g/mol. The van der Waals surface area contributed by atoms with Crippen molar-refractivity contribution in [3.8, 4) is 0 Å². The molecule has 1 unspecified atom stereocenters. The van der Waals surface area contributed by atoms with Crippen molar-refractivity contribution in [1.82, 2.24) is 4.90 Å². The van der Waals surface area contributed by atoms with Crippen LogP contribution in [0.5, 0.6) is 0 Å². The summed E-state index contributed by atoms with van der Waals surface area (Å²) in [5.74, 6) is -1.18. The molecule has 1 aromatic carbocycles. The van der Waals surface area contributed by atoms with Crippen molar-refractivity contribution in [2.45, 2.75) is 45.6 Å². The van der Waals surface area contributed by atoms with Crippen LogP contribution in [-0.2, 0) is 11.2 Å². The van der Waals surface area contributed by atoms with Crippen LogP contribution in [0.3, 0.4) is 0 Å². The molecule has 0 amide bonds. The largest absolute Gasteiger partial charge is 0.480 e. The number of hydrogen-bond acceptors (Lipinski definition) is 2. The molecule has 0 aliphatic carbocycles. The van der Waals surface area contributed by atoms with E-state index in [0.29, 0.717) is 12.0 Å². The van der Waals surface area contributed by atoms with E-state index in [1.54, 1.807) is 19.1 Å².